The molecule has 0 fully saturated rings. The third kappa shape index (κ3) is 6.17. The molecule has 0 spiro atoms. The lowest BCUT2D eigenvalue weighted by Gasteiger charge is -2.04. The zero-order valence-electron chi connectivity index (χ0n) is 18.1. The SMILES string of the molecule is CNCc1ccc(N)nc1C.Cc1ccc2ncc(Cc3cc(C=O)ccn3)cc2c1. The van der Waals surface area contributed by atoms with E-state index in [-0.39, 0.29) is 0 Å². The fourth-order valence-corrected chi connectivity index (χ4v) is 3.26. The van der Waals surface area contributed by atoms with Crippen molar-refractivity contribution in [2.45, 2.75) is 26.8 Å². The van der Waals surface area contributed by atoms with Crippen LogP contribution < -0.4 is 11.1 Å². The van der Waals surface area contributed by atoms with E-state index in [4.69, 9.17) is 5.73 Å². The first-order chi connectivity index (χ1) is 15.0. The van der Waals surface area contributed by atoms with Crippen LogP contribution in [0.25, 0.3) is 10.9 Å². The van der Waals surface area contributed by atoms with Crippen molar-refractivity contribution in [3.8, 4) is 0 Å². The van der Waals surface area contributed by atoms with E-state index in [1.54, 1.807) is 12.3 Å². The molecule has 0 aliphatic carbocycles. The van der Waals surface area contributed by atoms with Crippen molar-refractivity contribution in [1.29, 1.82) is 0 Å². The highest BCUT2D eigenvalue weighted by atomic mass is 16.1. The van der Waals surface area contributed by atoms with E-state index in [0.717, 1.165) is 40.7 Å². The Balaban J connectivity index is 0.000000210. The highest BCUT2D eigenvalue weighted by molar-refractivity contribution is 5.79. The molecule has 0 bridgehead atoms. The van der Waals surface area contributed by atoms with Crippen molar-refractivity contribution in [2.75, 3.05) is 12.8 Å². The molecule has 0 saturated carbocycles. The molecule has 6 heteroatoms. The number of pyridine rings is 3. The lowest BCUT2D eigenvalue weighted by molar-refractivity contribution is 0.112. The second-order valence-electron chi connectivity index (χ2n) is 7.43. The quantitative estimate of drug-likeness (QED) is 0.480. The van der Waals surface area contributed by atoms with Gasteiger partial charge in [-0.3, -0.25) is 14.8 Å². The predicted octanol–water partition coefficient (Wildman–Crippen LogP) is 4.03. The Morgan fingerprint density at radius 3 is 2.61 bits per heavy atom. The molecule has 158 valence electrons. The van der Waals surface area contributed by atoms with E-state index in [1.807, 2.05) is 44.4 Å². The number of fused-ring (bicyclic) bond motifs is 1. The summed E-state index contributed by atoms with van der Waals surface area (Å²) < 4.78 is 0. The van der Waals surface area contributed by atoms with Crippen molar-refractivity contribution in [1.82, 2.24) is 20.3 Å². The fraction of sp³-hybridized carbons (Fsp3) is 0.200. The Kier molecular flexibility index (Phi) is 7.40. The normalized spacial score (nSPS) is 10.4. The van der Waals surface area contributed by atoms with E-state index < -0.39 is 0 Å². The molecule has 3 N–H and O–H groups in total. The third-order valence-corrected chi connectivity index (χ3v) is 4.84. The van der Waals surface area contributed by atoms with Crippen LogP contribution >= 0.6 is 0 Å². The Morgan fingerprint density at radius 2 is 1.87 bits per heavy atom. The van der Waals surface area contributed by atoms with Gasteiger partial charge >= 0.3 is 0 Å². The number of hydrogen-bond acceptors (Lipinski definition) is 6. The number of nitrogens with two attached hydrogens (primary N) is 1. The molecule has 31 heavy (non-hydrogen) atoms. The molecule has 0 radical (unpaired) electrons. The molecule has 4 rings (SSSR count). The second-order valence-corrected chi connectivity index (χ2v) is 7.43. The number of nitrogens with one attached hydrogen (secondary N) is 1. The Morgan fingerprint density at radius 1 is 1.03 bits per heavy atom. The topological polar surface area (TPSA) is 93.8 Å². The summed E-state index contributed by atoms with van der Waals surface area (Å²) in [5.74, 6) is 0.586. The van der Waals surface area contributed by atoms with Crippen LogP contribution in [0.1, 0.15) is 38.4 Å². The summed E-state index contributed by atoms with van der Waals surface area (Å²) in [7, 11) is 1.91. The Hall–Kier alpha value is -3.64. The summed E-state index contributed by atoms with van der Waals surface area (Å²) in [6.07, 6.45) is 5.05. The molecular formula is C25H27N5O. The van der Waals surface area contributed by atoms with Gasteiger partial charge in [0.15, 0.2) is 0 Å². The maximum Gasteiger partial charge on any atom is 0.150 e. The largest absolute Gasteiger partial charge is 0.384 e. The number of anilines is 1. The van der Waals surface area contributed by atoms with Crippen LogP contribution in [0, 0.1) is 13.8 Å². The van der Waals surface area contributed by atoms with Gasteiger partial charge in [-0.25, -0.2) is 4.98 Å². The molecule has 6 nitrogen and oxygen atoms in total. The molecule has 0 aliphatic rings. The number of hydrogen-bond donors (Lipinski definition) is 2. The van der Waals surface area contributed by atoms with Crippen LogP contribution in [-0.4, -0.2) is 28.3 Å². The molecule has 0 unspecified atom stereocenters. The molecule has 0 atom stereocenters. The maximum absolute atomic E-state index is 10.8. The fourth-order valence-electron chi connectivity index (χ4n) is 3.26. The first kappa shape index (κ1) is 22.1. The number of benzene rings is 1. The monoisotopic (exact) mass is 413 g/mol. The zero-order valence-corrected chi connectivity index (χ0v) is 18.1. The van der Waals surface area contributed by atoms with Crippen molar-refractivity contribution in [2.24, 2.45) is 0 Å². The van der Waals surface area contributed by atoms with E-state index in [0.29, 0.717) is 17.8 Å². The first-order valence-electron chi connectivity index (χ1n) is 10.1. The van der Waals surface area contributed by atoms with E-state index in [9.17, 15) is 4.79 Å². The first-order valence-corrected chi connectivity index (χ1v) is 10.1. The van der Waals surface area contributed by atoms with Crippen molar-refractivity contribution >= 4 is 23.0 Å². The minimum Gasteiger partial charge on any atom is -0.384 e. The second kappa shape index (κ2) is 10.4. The van der Waals surface area contributed by atoms with Gasteiger partial charge in [0.25, 0.3) is 0 Å². The average Bonchev–Trinajstić information content (AvgIpc) is 2.76. The number of carbonyl (C=O) groups excluding carboxylic acids is 1. The third-order valence-electron chi connectivity index (χ3n) is 4.84. The van der Waals surface area contributed by atoms with Crippen molar-refractivity contribution in [3.05, 3.63) is 94.6 Å². The molecule has 3 aromatic heterocycles. The molecule has 4 aromatic rings. The van der Waals surface area contributed by atoms with E-state index >= 15 is 0 Å². The Bertz CT molecular complexity index is 1190. The van der Waals surface area contributed by atoms with Crippen molar-refractivity contribution < 1.29 is 4.79 Å². The zero-order chi connectivity index (χ0) is 22.2. The lowest BCUT2D eigenvalue weighted by atomic mass is 10.1. The molecule has 0 amide bonds. The van der Waals surface area contributed by atoms with E-state index in [1.165, 1.54) is 11.1 Å². The smallest absolute Gasteiger partial charge is 0.150 e. The summed E-state index contributed by atoms with van der Waals surface area (Å²) >= 11 is 0. The average molecular weight is 414 g/mol. The minimum absolute atomic E-state index is 0.586. The Labute approximate surface area is 182 Å². The summed E-state index contributed by atoms with van der Waals surface area (Å²) in [6, 6.07) is 15.7. The van der Waals surface area contributed by atoms with Gasteiger partial charge in [-0.05, 0) is 68.4 Å². The van der Waals surface area contributed by atoms with Crippen LogP contribution in [0.4, 0.5) is 5.82 Å². The molecular weight excluding hydrogens is 386 g/mol. The minimum atomic E-state index is 0.586. The van der Waals surface area contributed by atoms with Crippen LogP contribution in [-0.2, 0) is 13.0 Å². The molecule has 1 aromatic carbocycles. The van der Waals surface area contributed by atoms with Crippen LogP contribution in [0.2, 0.25) is 0 Å². The summed E-state index contributed by atoms with van der Waals surface area (Å²) in [4.78, 5) is 23.7. The number of nitrogen functional groups attached to an aromatic ring is 1. The highest BCUT2D eigenvalue weighted by Crippen LogP contribution is 2.17. The van der Waals surface area contributed by atoms with Gasteiger partial charge in [0.2, 0.25) is 0 Å². The number of aryl methyl sites for hydroxylation is 2. The van der Waals surface area contributed by atoms with Gasteiger partial charge in [-0.1, -0.05) is 17.7 Å². The summed E-state index contributed by atoms with van der Waals surface area (Å²) in [5, 5.41) is 4.20. The number of nitrogens with zero attached hydrogens (tertiary/aromatic N) is 3. The maximum atomic E-state index is 10.8. The predicted molar refractivity (Wildman–Crippen MR) is 125 cm³/mol. The van der Waals surface area contributed by atoms with Gasteiger partial charge in [-0.2, -0.15) is 0 Å². The van der Waals surface area contributed by atoms with E-state index in [2.05, 4.69) is 45.4 Å². The van der Waals surface area contributed by atoms with Gasteiger partial charge in [-0.15, -0.1) is 0 Å². The van der Waals surface area contributed by atoms with Gasteiger partial charge in [0, 0.05) is 47.7 Å². The van der Waals surface area contributed by atoms with Crippen LogP contribution in [0.3, 0.4) is 0 Å². The number of carbonyl (C=O) groups is 1. The summed E-state index contributed by atoms with van der Waals surface area (Å²) in [5.41, 5.74) is 12.5. The lowest BCUT2D eigenvalue weighted by Crippen LogP contribution is -2.07. The molecule has 0 saturated heterocycles. The van der Waals surface area contributed by atoms with Gasteiger partial charge in [0.05, 0.1) is 5.52 Å². The molecule has 3 heterocycles. The van der Waals surface area contributed by atoms with Crippen LogP contribution in [0.15, 0.2) is 60.9 Å². The number of aldehydes is 1. The highest BCUT2D eigenvalue weighted by Gasteiger charge is 2.02. The van der Waals surface area contributed by atoms with Crippen LogP contribution in [0.5, 0.6) is 0 Å². The van der Waals surface area contributed by atoms with Crippen molar-refractivity contribution in [3.63, 3.8) is 0 Å². The number of rotatable bonds is 5. The summed E-state index contributed by atoms with van der Waals surface area (Å²) in [6.45, 7) is 4.88. The number of aromatic nitrogens is 3. The van der Waals surface area contributed by atoms with Gasteiger partial charge < -0.3 is 11.1 Å². The standard InChI is InChI=1S/C17H14N2O.C8H13N3/c1-12-2-3-17-15(6-12)7-14(10-19-17)9-16-8-13(11-20)4-5-18-16;1-6-7(5-10-2)3-4-8(9)11-6/h2-8,10-11H,9H2,1H3;3-4,10H,5H2,1-2H3,(H2,9,11). The molecule has 0 aliphatic heterocycles. The van der Waals surface area contributed by atoms with Gasteiger partial charge in [0.1, 0.15) is 12.1 Å².